The summed E-state index contributed by atoms with van der Waals surface area (Å²) in [6.45, 7) is 1.61. The Morgan fingerprint density at radius 1 is 1.15 bits per heavy atom. The van der Waals surface area contributed by atoms with Crippen molar-refractivity contribution in [1.82, 2.24) is 14.5 Å². The molecule has 1 N–H and O–H groups in total. The van der Waals surface area contributed by atoms with Gasteiger partial charge in [0.05, 0.1) is 28.5 Å². The fourth-order valence-corrected chi connectivity index (χ4v) is 5.76. The second-order valence-electron chi connectivity index (χ2n) is 8.26. The summed E-state index contributed by atoms with van der Waals surface area (Å²) in [4.78, 5) is 21.3. The molecule has 2 aromatic heterocycles. The van der Waals surface area contributed by atoms with Gasteiger partial charge in [-0.05, 0) is 25.8 Å². The molecule has 7 nitrogen and oxygen atoms in total. The van der Waals surface area contributed by atoms with Crippen molar-refractivity contribution in [3.63, 3.8) is 0 Å². The summed E-state index contributed by atoms with van der Waals surface area (Å²) >= 11 is 0. The van der Waals surface area contributed by atoms with Crippen LogP contribution in [0.3, 0.4) is 0 Å². The van der Waals surface area contributed by atoms with Crippen LogP contribution in [0, 0.1) is 5.82 Å². The van der Waals surface area contributed by atoms with Gasteiger partial charge in [0, 0.05) is 24.2 Å². The number of pyridine rings is 1. The summed E-state index contributed by atoms with van der Waals surface area (Å²) < 4.78 is 65.9. The second kappa shape index (κ2) is 8.77. The molecular formula is C22H23F3N4O3S. The standard InChI is InChI=1S/C22H23F3N4O3S/c1-12(14-4-3-5-15(18(14)23)20(24)25)28-21-16-10-17(13-6-8-33(31,32)9-7-13)29(2)22(30)19(16)26-11-27-21/h3-5,10-13,20H,6-9H2,1-2H3,(H,26,27,28)/t12-/m1/s1. The highest BCUT2D eigenvalue weighted by molar-refractivity contribution is 7.91. The lowest BCUT2D eigenvalue weighted by Crippen LogP contribution is -2.28. The van der Waals surface area contributed by atoms with Gasteiger partial charge in [-0.1, -0.05) is 18.2 Å². The molecule has 0 bridgehead atoms. The van der Waals surface area contributed by atoms with Gasteiger partial charge < -0.3 is 9.88 Å². The molecule has 1 aliphatic heterocycles. The number of aromatic nitrogens is 3. The van der Waals surface area contributed by atoms with Crippen LogP contribution in [0.25, 0.3) is 10.9 Å². The van der Waals surface area contributed by atoms with E-state index in [9.17, 15) is 26.4 Å². The number of rotatable bonds is 5. The van der Waals surface area contributed by atoms with Crippen LogP contribution in [0.15, 0.2) is 35.4 Å². The van der Waals surface area contributed by atoms with Crippen molar-refractivity contribution in [2.24, 2.45) is 7.05 Å². The smallest absolute Gasteiger partial charge is 0.277 e. The maximum atomic E-state index is 14.6. The monoisotopic (exact) mass is 480 g/mol. The Bertz CT molecular complexity index is 1360. The van der Waals surface area contributed by atoms with E-state index in [1.807, 2.05) is 0 Å². The molecule has 33 heavy (non-hydrogen) atoms. The molecule has 1 aliphatic rings. The maximum absolute atomic E-state index is 14.6. The zero-order valence-corrected chi connectivity index (χ0v) is 18.9. The summed E-state index contributed by atoms with van der Waals surface area (Å²) in [6.07, 6.45) is -0.932. The van der Waals surface area contributed by atoms with E-state index in [-0.39, 0.29) is 39.9 Å². The number of benzene rings is 1. The summed E-state index contributed by atoms with van der Waals surface area (Å²) in [7, 11) is -1.46. The van der Waals surface area contributed by atoms with E-state index in [1.165, 1.54) is 23.0 Å². The number of halogens is 3. The van der Waals surface area contributed by atoms with E-state index in [2.05, 4.69) is 15.3 Å². The van der Waals surface area contributed by atoms with Crippen molar-refractivity contribution >= 4 is 26.6 Å². The topological polar surface area (TPSA) is 93.9 Å². The Labute approximate surface area is 188 Å². The molecule has 0 unspecified atom stereocenters. The third kappa shape index (κ3) is 4.46. The number of anilines is 1. The number of fused-ring (bicyclic) bond motifs is 1. The van der Waals surface area contributed by atoms with Gasteiger partial charge in [-0.3, -0.25) is 4.79 Å². The van der Waals surface area contributed by atoms with E-state index >= 15 is 0 Å². The van der Waals surface area contributed by atoms with Crippen LogP contribution in [0.4, 0.5) is 19.0 Å². The lowest BCUT2D eigenvalue weighted by atomic mass is 9.96. The first-order valence-electron chi connectivity index (χ1n) is 10.5. The van der Waals surface area contributed by atoms with Gasteiger partial charge in [0.15, 0.2) is 0 Å². The van der Waals surface area contributed by atoms with Crippen molar-refractivity contribution < 1.29 is 21.6 Å². The van der Waals surface area contributed by atoms with Crippen molar-refractivity contribution in [3.8, 4) is 0 Å². The average molecular weight is 481 g/mol. The van der Waals surface area contributed by atoms with Gasteiger partial charge in [0.25, 0.3) is 12.0 Å². The number of alkyl halides is 2. The first-order valence-corrected chi connectivity index (χ1v) is 12.3. The molecule has 3 heterocycles. The fourth-order valence-electron chi connectivity index (χ4n) is 4.27. The molecule has 0 aliphatic carbocycles. The predicted octanol–water partition coefficient (Wildman–Crippen LogP) is 3.87. The van der Waals surface area contributed by atoms with Crippen LogP contribution >= 0.6 is 0 Å². The zero-order chi connectivity index (χ0) is 23.9. The molecule has 4 rings (SSSR count). The number of sulfone groups is 1. The first kappa shape index (κ1) is 23.2. The van der Waals surface area contributed by atoms with E-state index in [1.54, 1.807) is 20.0 Å². The summed E-state index contributed by atoms with van der Waals surface area (Å²) in [5, 5.41) is 3.42. The number of hydrogen-bond acceptors (Lipinski definition) is 6. The summed E-state index contributed by atoms with van der Waals surface area (Å²) in [5.74, 6) is -0.752. The zero-order valence-electron chi connectivity index (χ0n) is 18.1. The van der Waals surface area contributed by atoms with Crippen LogP contribution in [0.5, 0.6) is 0 Å². The first-order chi connectivity index (χ1) is 15.6. The van der Waals surface area contributed by atoms with Gasteiger partial charge in [-0.25, -0.2) is 31.6 Å². The van der Waals surface area contributed by atoms with Gasteiger partial charge in [0.1, 0.15) is 33.3 Å². The summed E-state index contributed by atoms with van der Waals surface area (Å²) in [5.41, 5.74) is -0.187. The Kier molecular flexibility index (Phi) is 6.17. The van der Waals surface area contributed by atoms with E-state index in [4.69, 9.17) is 0 Å². The molecule has 1 fully saturated rings. The molecule has 0 spiro atoms. The highest BCUT2D eigenvalue weighted by Crippen LogP contribution is 2.32. The van der Waals surface area contributed by atoms with Gasteiger partial charge in [-0.15, -0.1) is 0 Å². The minimum atomic E-state index is -3.07. The van der Waals surface area contributed by atoms with E-state index < -0.39 is 33.7 Å². The number of nitrogens with one attached hydrogen (secondary N) is 1. The number of hydrogen-bond donors (Lipinski definition) is 1. The molecule has 1 atom stereocenters. The fraction of sp³-hybridized carbons (Fsp3) is 0.409. The molecule has 11 heteroatoms. The molecule has 176 valence electrons. The lowest BCUT2D eigenvalue weighted by molar-refractivity contribution is 0.146. The Morgan fingerprint density at radius 2 is 1.82 bits per heavy atom. The molecule has 0 saturated carbocycles. The van der Waals surface area contributed by atoms with Gasteiger partial charge in [-0.2, -0.15) is 0 Å². The largest absolute Gasteiger partial charge is 0.363 e. The minimum absolute atomic E-state index is 0.0427. The SMILES string of the molecule is C[C@@H](Nc1ncnc2c(=O)n(C)c(C3CCS(=O)(=O)CC3)cc12)c1cccc(C(F)F)c1F. The van der Waals surface area contributed by atoms with Crippen molar-refractivity contribution in [3.05, 3.63) is 63.6 Å². The predicted molar refractivity (Wildman–Crippen MR) is 119 cm³/mol. The average Bonchev–Trinajstić information content (AvgIpc) is 2.76. The highest BCUT2D eigenvalue weighted by Gasteiger charge is 2.27. The molecular weight excluding hydrogens is 457 g/mol. The summed E-state index contributed by atoms with van der Waals surface area (Å²) in [6, 6.07) is 4.84. The van der Waals surface area contributed by atoms with Crippen LogP contribution in [0.1, 0.15) is 55.0 Å². The van der Waals surface area contributed by atoms with E-state index in [0.717, 1.165) is 6.07 Å². The maximum Gasteiger partial charge on any atom is 0.277 e. The molecule has 0 radical (unpaired) electrons. The van der Waals surface area contributed by atoms with Crippen LogP contribution in [0.2, 0.25) is 0 Å². The Morgan fingerprint density at radius 3 is 2.48 bits per heavy atom. The van der Waals surface area contributed by atoms with Crippen molar-refractivity contribution in [2.75, 3.05) is 16.8 Å². The van der Waals surface area contributed by atoms with Gasteiger partial charge >= 0.3 is 0 Å². The lowest BCUT2D eigenvalue weighted by Gasteiger charge is -2.25. The van der Waals surface area contributed by atoms with Crippen molar-refractivity contribution in [2.45, 2.75) is 38.2 Å². The number of nitrogens with zero attached hydrogens (tertiary/aromatic N) is 3. The third-order valence-electron chi connectivity index (χ3n) is 6.16. The molecule has 0 amide bonds. The Balaban J connectivity index is 1.74. The third-order valence-corrected chi connectivity index (χ3v) is 7.87. The molecule has 1 saturated heterocycles. The molecule has 1 aromatic carbocycles. The van der Waals surface area contributed by atoms with Gasteiger partial charge in [0.2, 0.25) is 0 Å². The normalized spacial score (nSPS) is 17.4. The van der Waals surface area contributed by atoms with Crippen LogP contribution in [-0.4, -0.2) is 34.5 Å². The molecule has 3 aromatic rings. The second-order valence-corrected chi connectivity index (χ2v) is 10.6. The minimum Gasteiger partial charge on any atom is -0.363 e. The van der Waals surface area contributed by atoms with Crippen molar-refractivity contribution in [1.29, 1.82) is 0 Å². The van der Waals surface area contributed by atoms with E-state index in [0.29, 0.717) is 23.9 Å². The Hall–Kier alpha value is -2.95. The highest BCUT2D eigenvalue weighted by atomic mass is 32.2. The van der Waals surface area contributed by atoms with Crippen LogP contribution in [-0.2, 0) is 16.9 Å². The quantitative estimate of drug-likeness (QED) is 0.596. The van der Waals surface area contributed by atoms with Crippen LogP contribution < -0.4 is 10.9 Å².